The largest absolute Gasteiger partial charge is 0.342 e. The lowest BCUT2D eigenvalue weighted by atomic mass is 9.88. The van der Waals surface area contributed by atoms with Crippen molar-refractivity contribution in [2.45, 2.75) is 38.5 Å². The van der Waals surface area contributed by atoms with Crippen LogP contribution >= 0.6 is 0 Å². The molecule has 5 heteroatoms. The van der Waals surface area contributed by atoms with Gasteiger partial charge in [-0.2, -0.15) is 5.10 Å². The molecule has 0 saturated carbocycles. The molecular formula is C17H28N4O. The van der Waals surface area contributed by atoms with Crippen LogP contribution in [-0.4, -0.2) is 46.8 Å². The Labute approximate surface area is 133 Å². The number of nitrogens with zero attached hydrogens (tertiary/aromatic N) is 3. The standard InChI is InChI=1S/C17H28N4O/c1-3-5-13-6-4-7-21(11-13)17(22)16-10-18-9-15(16)14-8-19-20(2)12-14/h8,12-13,15-16,18H,3-7,9-11H2,1-2H3/t13?,15-,16+/m1/s1. The lowest BCUT2D eigenvalue weighted by Crippen LogP contribution is -2.44. The maximum absolute atomic E-state index is 13.0. The minimum atomic E-state index is 0.0737. The first kappa shape index (κ1) is 15.5. The molecule has 1 aromatic rings. The van der Waals surface area contributed by atoms with Gasteiger partial charge < -0.3 is 10.2 Å². The molecule has 0 bridgehead atoms. The first-order chi connectivity index (χ1) is 10.7. The van der Waals surface area contributed by atoms with E-state index in [9.17, 15) is 4.79 Å². The van der Waals surface area contributed by atoms with Gasteiger partial charge in [-0.15, -0.1) is 0 Å². The zero-order valence-corrected chi connectivity index (χ0v) is 13.8. The number of nitrogens with one attached hydrogen (secondary N) is 1. The highest BCUT2D eigenvalue weighted by atomic mass is 16.2. The minimum Gasteiger partial charge on any atom is -0.342 e. The fourth-order valence-corrected chi connectivity index (χ4v) is 4.06. The van der Waals surface area contributed by atoms with Crippen molar-refractivity contribution >= 4 is 5.91 Å². The van der Waals surface area contributed by atoms with Crippen molar-refractivity contribution in [3.8, 4) is 0 Å². The van der Waals surface area contributed by atoms with E-state index in [-0.39, 0.29) is 11.8 Å². The van der Waals surface area contributed by atoms with Crippen LogP contribution in [0, 0.1) is 11.8 Å². The van der Waals surface area contributed by atoms with Gasteiger partial charge in [0, 0.05) is 45.3 Å². The second-order valence-corrected chi connectivity index (χ2v) is 6.90. The highest BCUT2D eigenvalue weighted by Gasteiger charge is 2.38. The molecule has 2 aliphatic rings. The maximum Gasteiger partial charge on any atom is 0.227 e. The van der Waals surface area contributed by atoms with Crippen molar-refractivity contribution in [3.63, 3.8) is 0 Å². The first-order valence-electron chi connectivity index (χ1n) is 8.67. The quantitative estimate of drug-likeness (QED) is 0.922. The van der Waals surface area contributed by atoms with E-state index in [0.717, 1.165) is 32.6 Å². The predicted molar refractivity (Wildman–Crippen MR) is 86.5 cm³/mol. The van der Waals surface area contributed by atoms with Crippen molar-refractivity contribution in [2.24, 2.45) is 18.9 Å². The Bertz CT molecular complexity index is 511. The molecule has 0 spiro atoms. The van der Waals surface area contributed by atoms with Gasteiger partial charge in [-0.25, -0.2) is 0 Å². The van der Waals surface area contributed by atoms with Crippen molar-refractivity contribution in [3.05, 3.63) is 18.0 Å². The Morgan fingerprint density at radius 3 is 3.05 bits per heavy atom. The maximum atomic E-state index is 13.0. The molecule has 3 heterocycles. The monoisotopic (exact) mass is 304 g/mol. The SMILES string of the molecule is CCCC1CCCN(C(=O)[C@H]2CNC[C@@H]2c2cnn(C)c2)C1. The van der Waals surface area contributed by atoms with Gasteiger partial charge >= 0.3 is 0 Å². The summed E-state index contributed by atoms with van der Waals surface area (Å²) in [5.74, 6) is 1.39. The molecule has 1 aromatic heterocycles. The summed E-state index contributed by atoms with van der Waals surface area (Å²) in [6.07, 6.45) is 8.87. The number of carbonyl (C=O) groups is 1. The number of hydrogen-bond acceptors (Lipinski definition) is 3. The molecule has 0 radical (unpaired) electrons. The number of likely N-dealkylation sites (tertiary alicyclic amines) is 1. The number of rotatable bonds is 4. The van der Waals surface area contributed by atoms with Crippen LogP contribution in [-0.2, 0) is 11.8 Å². The fraction of sp³-hybridized carbons (Fsp3) is 0.765. The number of amides is 1. The second kappa shape index (κ2) is 6.82. The van der Waals surface area contributed by atoms with Gasteiger partial charge in [0.25, 0.3) is 0 Å². The van der Waals surface area contributed by atoms with Gasteiger partial charge in [-0.3, -0.25) is 9.48 Å². The summed E-state index contributed by atoms with van der Waals surface area (Å²) in [6, 6.07) is 0. The summed E-state index contributed by atoms with van der Waals surface area (Å²) in [4.78, 5) is 15.1. The molecule has 0 aliphatic carbocycles. The summed E-state index contributed by atoms with van der Waals surface area (Å²) < 4.78 is 1.83. The topological polar surface area (TPSA) is 50.2 Å². The molecule has 1 amide bonds. The Balaban J connectivity index is 1.68. The van der Waals surface area contributed by atoms with Crippen molar-refractivity contribution < 1.29 is 4.79 Å². The lowest BCUT2D eigenvalue weighted by molar-refractivity contribution is -0.137. The van der Waals surface area contributed by atoms with E-state index in [4.69, 9.17) is 0 Å². The third kappa shape index (κ3) is 3.19. The summed E-state index contributed by atoms with van der Waals surface area (Å²) in [5, 5.41) is 7.67. The van der Waals surface area contributed by atoms with Crippen molar-refractivity contribution in [1.29, 1.82) is 0 Å². The molecular weight excluding hydrogens is 276 g/mol. The van der Waals surface area contributed by atoms with Crippen LogP contribution in [0.15, 0.2) is 12.4 Å². The zero-order chi connectivity index (χ0) is 15.5. The van der Waals surface area contributed by atoms with E-state index >= 15 is 0 Å². The Kier molecular flexibility index (Phi) is 4.81. The van der Waals surface area contributed by atoms with Crippen LogP contribution in [0.5, 0.6) is 0 Å². The molecule has 22 heavy (non-hydrogen) atoms. The number of aryl methyl sites for hydroxylation is 1. The molecule has 2 saturated heterocycles. The summed E-state index contributed by atoms with van der Waals surface area (Å²) in [6.45, 7) is 5.82. The van der Waals surface area contributed by atoms with E-state index in [1.165, 1.54) is 24.8 Å². The lowest BCUT2D eigenvalue weighted by Gasteiger charge is -2.35. The summed E-state index contributed by atoms with van der Waals surface area (Å²) in [5.41, 5.74) is 1.19. The average molecular weight is 304 g/mol. The molecule has 122 valence electrons. The minimum absolute atomic E-state index is 0.0737. The van der Waals surface area contributed by atoms with Crippen LogP contribution in [0.25, 0.3) is 0 Å². The summed E-state index contributed by atoms with van der Waals surface area (Å²) >= 11 is 0. The first-order valence-corrected chi connectivity index (χ1v) is 8.67. The smallest absolute Gasteiger partial charge is 0.227 e. The molecule has 1 unspecified atom stereocenters. The Morgan fingerprint density at radius 2 is 2.32 bits per heavy atom. The molecule has 3 atom stereocenters. The van der Waals surface area contributed by atoms with Gasteiger partial charge in [0.15, 0.2) is 0 Å². The molecule has 3 rings (SSSR count). The average Bonchev–Trinajstić information content (AvgIpc) is 3.15. The Morgan fingerprint density at radius 1 is 1.45 bits per heavy atom. The van der Waals surface area contributed by atoms with Crippen LogP contribution in [0.3, 0.4) is 0 Å². The van der Waals surface area contributed by atoms with E-state index in [1.54, 1.807) is 0 Å². The van der Waals surface area contributed by atoms with Gasteiger partial charge in [0.05, 0.1) is 12.1 Å². The van der Waals surface area contributed by atoms with E-state index < -0.39 is 0 Å². The van der Waals surface area contributed by atoms with Crippen LogP contribution in [0.1, 0.15) is 44.1 Å². The molecule has 2 fully saturated rings. The molecule has 5 nitrogen and oxygen atoms in total. The molecule has 0 aromatic carbocycles. The number of hydrogen-bond donors (Lipinski definition) is 1. The van der Waals surface area contributed by atoms with Crippen LogP contribution in [0.2, 0.25) is 0 Å². The van der Waals surface area contributed by atoms with Crippen LogP contribution in [0.4, 0.5) is 0 Å². The van der Waals surface area contributed by atoms with E-state index in [2.05, 4.69) is 22.2 Å². The third-order valence-corrected chi connectivity index (χ3v) is 5.21. The van der Waals surface area contributed by atoms with Crippen molar-refractivity contribution in [1.82, 2.24) is 20.0 Å². The van der Waals surface area contributed by atoms with Crippen molar-refractivity contribution in [2.75, 3.05) is 26.2 Å². The Hall–Kier alpha value is -1.36. The third-order valence-electron chi connectivity index (χ3n) is 5.21. The molecule has 2 aliphatic heterocycles. The second-order valence-electron chi connectivity index (χ2n) is 6.90. The fourth-order valence-electron chi connectivity index (χ4n) is 4.06. The number of aromatic nitrogens is 2. The normalized spacial score (nSPS) is 29.0. The molecule has 1 N–H and O–H groups in total. The highest BCUT2D eigenvalue weighted by molar-refractivity contribution is 5.80. The van der Waals surface area contributed by atoms with Gasteiger partial charge in [-0.1, -0.05) is 13.3 Å². The van der Waals surface area contributed by atoms with Gasteiger partial charge in [0.2, 0.25) is 5.91 Å². The van der Waals surface area contributed by atoms with Crippen LogP contribution < -0.4 is 5.32 Å². The number of carbonyl (C=O) groups excluding carboxylic acids is 1. The van der Waals surface area contributed by atoms with E-state index in [0.29, 0.717) is 11.8 Å². The van der Waals surface area contributed by atoms with Gasteiger partial charge in [0.1, 0.15) is 0 Å². The van der Waals surface area contributed by atoms with Gasteiger partial charge in [-0.05, 0) is 30.7 Å². The highest BCUT2D eigenvalue weighted by Crippen LogP contribution is 2.31. The zero-order valence-electron chi connectivity index (χ0n) is 13.8. The predicted octanol–water partition coefficient (Wildman–Crippen LogP) is 1.76. The summed E-state index contributed by atoms with van der Waals surface area (Å²) in [7, 11) is 1.93. The van der Waals surface area contributed by atoms with E-state index in [1.807, 2.05) is 24.1 Å². The number of piperidine rings is 1.